The standard InChI is InChI=1S/C21H31N3O5/c1-3-4-11-16(22-19(26)15-9-6-5-7-10-15)18(25)14-23(2)21(29)24-13-8-12-17(24)20(27)28/h5-7,9-10,16-18,25H,3-4,8,11-14H2,1-2H3,(H,22,26)(H,27,28)/t16?,17-,18?/m0/s1. The fourth-order valence-electron chi connectivity index (χ4n) is 3.58. The number of aliphatic carboxylic acids is 1. The van der Waals surface area contributed by atoms with Gasteiger partial charge >= 0.3 is 12.0 Å². The zero-order chi connectivity index (χ0) is 21.4. The van der Waals surface area contributed by atoms with Crippen molar-refractivity contribution in [3.63, 3.8) is 0 Å². The van der Waals surface area contributed by atoms with Crippen molar-refractivity contribution in [3.8, 4) is 0 Å². The molecule has 8 heteroatoms. The van der Waals surface area contributed by atoms with E-state index in [-0.39, 0.29) is 12.5 Å². The summed E-state index contributed by atoms with van der Waals surface area (Å²) in [5.41, 5.74) is 0.506. The number of nitrogens with zero attached hydrogens (tertiary/aromatic N) is 2. The summed E-state index contributed by atoms with van der Waals surface area (Å²) in [7, 11) is 1.54. The summed E-state index contributed by atoms with van der Waals surface area (Å²) >= 11 is 0. The number of aliphatic hydroxyl groups is 1. The zero-order valence-electron chi connectivity index (χ0n) is 17.1. The third kappa shape index (κ3) is 6.19. The van der Waals surface area contributed by atoms with E-state index in [1.807, 2.05) is 13.0 Å². The molecule has 0 radical (unpaired) electrons. The molecule has 0 bridgehead atoms. The molecule has 2 rings (SSSR count). The Labute approximate surface area is 171 Å². The molecule has 0 saturated carbocycles. The molecule has 1 saturated heterocycles. The van der Waals surface area contributed by atoms with Gasteiger partial charge in [0.15, 0.2) is 0 Å². The first-order valence-corrected chi connectivity index (χ1v) is 10.1. The number of amides is 3. The number of unbranched alkanes of at least 4 members (excludes halogenated alkanes) is 1. The van der Waals surface area contributed by atoms with Gasteiger partial charge in [0, 0.05) is 19.2 Å². The first-order chi connectivity index (χ1) is 13.8. The van der Waals surface area contributed by atoms with Crippen LogP contribution in [0.15, 0.2) is 30.3 Å². The Morgan fingerprint density at radius 1 is 1.28 bits per heavy atom. The number of hydrogen-bond donors (Lipinski definition) is 3. The molecule has 3 atom stereocenters. The Balaban J connectivity index is 2.00. The van der Waals surface area contributed by atoms with E-state index in [9.17, 15) is 24.6 Å². The predicted octanol–water partition coefficient (Wildman–Crippen LogP) is 1.94. The molecule has 3 N–H and O–H groups in total. The molecule has 0 spiro atoms. The van der Waals surface area contributed by atoms with Crippen LogP contribution < -0.4 is 5.32 Å². The van der Waals surface area contributed by atoms with Crippen molar-refractivity contribution in [1.29, 1.82) is 0 Å². The van der Waals surface area contributed by atoms with Gasteiger partial charge in [0.25, 0.3) is 5.91 Å². The van der Waals surface area contributed by atoms with Gasteiger partial charge in [-0.25, -0.2) is 9.59 Å². The highest BCUT2D eigenvalue weighted by atomic mass is 16.4. The molecule has 3 amide bonds. The van der Waals surface area contributed by atoms with Crippen molar-refractivity contribution in [2.75, 3.05) is 20.1 Å². The Bertz CT molecular complexity index is 697. The molecule has 160 valence electrons. The maximum absolute atomic E-state index is 12.7. The molecule has 1 aliphatic heterocycles. The highest BCUT2D eigenvalue weighted by molar-refractivity contribution is 5.94. The largest absolute Gasteiger partial charge is 0.480 e. The number of likely N-dealkylation sites (N-methyl/N-ethyl adjacent to an activating group) is 1. The van der Waals surface area contributed by atoms with E-state index in [4.69, 9.17) is 0 Å². The van der Waals surface area contributed by atoms with Crippen LogP contribution in [-0.4, -0.2) is 76.2 Å². The second-order valence-corrected chi connectivity index (χ2v) is 7.51. The summed E-state index contributed by atoms with van der Waals surface area (Å²) in [4.78, 5) is 39.2. The molecule has 1 aromatic carbocycles. The van der Waals surface area contributed by atoms with Gasteiger partial charge in [0.05, 0.1) is 18.7 Å². The number of carbonyl (C=O) groups excluding carboxylic acids is 2. The van der Waals surface area contributed by atoms with Gasteiger partial charge < -0.3 is 25.3 Å². The highest BCUT2D eigenvalue weighted by Crippen LogP contribution is 2.19. The number of hydrogen-bond acceptors (Lipinski definition) is 4. The summed E-state index contributed by atoms with van der Waals surface area (Å²) in [5, 5.41) is 22.9. The first kappa shape index (κ1) is 22.7. The minimum atomic E-state index is -1.01. The van der Waals surface area contributed by atoms with Gasteiger partial charge in [-0.3, -0.25) is 4.79 Å². The van der Waals surface area contributed by atoms with Gasteiger partial charge in [0.1, 0.15) is 6.04 Å². The molecule has 2 unspecified atom stereocenters. The van der Waals surface area contributed by atoms with E-state index < -0.39 is 30.2 Å². The fourth-order valence-corrected chi connectivity index (χ4v) is 3.58. The SMILES string of the molecule is CCCCC(NC(=O)c1ccccc1)C(O)CN(C)C(=O)N1CCC[C@H]1C(=O)O. The Morgan fingerprint density at radius 2 is 1.97 bits per heavy atom. The van der Waals surface area contributed by atoms with Crippen LogP contribution in [0.1, 0.15) is 49.4 Å². The van der Waals surface area contributed by atoms with Crippen molar-refractivity contribution in [2.45, 2.75) is 57.2 Å². The lowest BCUT2D eigenvalue weighted by Crippen LogP contribution is -2.52. The fraction of sp³-hybridized carbons (Fsp3) is 0.571. The lowest BCUT2D eigenvalue weighted by Gasteiger charge is -2.31. The monoisotopic (exact) mass is 405 g/mol. The van der Waals surface area contributed by atoms with E-state index >= 15 is 0 Å². The lowest BCUT2D eigenvalue weighted by atomic mass is 10.0. The van der Waals surface area contributed by atoms with Gasteiger partial charge in [0.2, 0.25) is 0 Å². The van der Waals surface area contributed by atoms with E-state index in [2.05, 4.69) is 5.32 Å². The van der Waals surface area contributed by atoms with Crippen molar-refractivity contribution in [2.24, 2.45) is 0 Å². The van der Waals surface area contributed by atoms with Crippen LogP contribution in [0, 0.1) is 0 Å². The smallest absolute Gasteiger partial charge is 0.326 e. The number of carboxylic acids is 1. The van der Waals surface area contributed by atoms with Crippen LogP contribution >= 0.6 is 0 Å². The lowest BCUT2D eigenvalue weighted by molar-refractivity contribution is -0.141. The van der Waals surface area contributed by atoms with E-state index in [0.29, 0.717) is 31.4 Å². The van der Waals surface area contributed by atoms with Crippen LogP contribution in [0.2, 0.25) is 0 Å². The molecule has 29 heavy (non-hydrogen) atoms. The van der Waals surface area contributed by atoms with Crippen molar-refractivity contribution in [1.82, 2.24) is 15.1 Å². The first-order valence-electron chi connectivity index (χ1n) is 10.1. The summed E-state index contributed by atoms with van der Waals surface area (Å²) in [6, 6.07) is 7.02. The quantitative estimate of drug-likeness (QED) is 0.582. The summed E-state index contributed by atoms with van der Waals surface area (Å²) in [6.45, 7) is 2.42. The number of rotatable bonds is 9. The van der Waals surface area contributed by atoms with Crippen molar-refractivity contribution in [3.05, 3.63) is 35.9 Å². The predicted molar refractivity (Wildman–Crippen MR) is 109 cm³/mol. The van der Waals surface area contributed by atoms with E-state index in [0.717, 1.165) is 12.8 Å². The molecule has 1 fully saturated rings. The normalized spacial score (nSPS) is 18.2. The second-order valence-electron chi connectivity index (χ2n) is 7.51. The van der Waals surface area contributed by atoms with Crippen molar-refractivity contribution >= 4 is 17.9 Å². The average Bonchev–Trinajstić information content (AvgIpc) is 3.21. The van der Waals surface area contributed by atoms with Gasteiger partial charge in [-0.15, -0.1) is 0 Å². The van der Waals surface area contributed by atoms with Gasteiger partial charge in [-0.2, -0.15) is 0 Å². The second kappa shape index (κ2) is 10.8. The number of urea groups is 1. The zero-order valence-corrected chi connectivity index (χ0v) is 17.1. The number of nitrogens with one attached hydrogen (secondary N) is 1. The van der Waals surface area contributed by atoms with Gasteiger partial charge in [-0.05, 0) is 31.4 Å². The topological polar surface area (TPSA) is 110 Å². The number of carbonyl (C=O) groups is 3. The van der Waals surface area contributed by atoms with Gasteiger partial charge in [-0.1, -0.05) is 38.0 Å². The molecule has 1 aliphatic rings. The third-order valence-electron chi connectivity index (χ3n) is 5.26. The third-order valence-corrected chi connectivity index (χ3v) is 5.26. The van der Waals surface area contributed by atoms with Crippen LogP contribution in [0.5, 0.6) is 0 Å². The molecule has 0 aliphatic carbocycles. The van der Waals surface area contributed by atoms with Crippen LogP contribution in [0.25, 0.3) is 0 Å². The molecular formula is C21H31N3O5. The molecular weight excluding hydrogens is 374 g/mol. The minimum absolute atomic E-state index is 0.00508. The number of aliphatic hydroxyl groups excluding tert-OH is 1. The van der Waals surface area contributed by atoms with Crippen LogP contribution in [0.4, 0.5) is 4.79 Å². The number of carboxylic acid groups (broad SMARTS) is 1. The van der Waals surface area contributed by atoms with Crippen molar-refractivity contribution < 1.29 is 24.6 Å². The highest BCUT2D eigenvalue weighted by Gasteiger charge is 2.36. The summed E-state index contributed by atoms with van der Waals surface area (Å²) < 4.78 is 0. The Hall–Kier alpha value is -2.61. The average molecular weight is 405 g/mol. The molecule has 8 nitrogen and oxygen atoms in total. The van der Waals surface area contributed by atoms with Crippen LogP contribution in [-0.2, 0) is 4.79 Å². The number of benzene rings is 1. The molecule has 1 aromatic rings. The summed E-state index contributed by atoms with van der Waals surface area (Å²) in [5.74, 6) is -1.29. The Morgan fingerprint density at radius 3 is 2.59 bits per heavy atom. The molecule has 0 aromatic heterocycles. The Kier molecular flexibility index (Phi) is 8.45. The van der Waals surface area contributed by atoms with Crippen LogP contribution in [0.3, 0.4) is 0 Å². The summed E-state index contributed by atoms with van der Waals surface area (Å²) in [6.07, 6.45) is 2.43. The van der Waals surface area contributed by atoms with E-state index in [1.54, 1.807) is 31.3 Å². The number of likely N-dealkylation sites (tertiary alicyclic amines) is 1. The van der Waals surface area contributed by atoms with E-state index in [1.165, 1.54) is 9.80 Å². The maximum Gasteiger partial charge on any atom is 0.326 e. The molecule has 1 heterocycles. The maximum atomic E-state index is 12.7. The minimum Gasteiger partial charge on any atom is -0.480 e.